The van der Waals surface area contributed by atoms with Gasteiger partial charge in [-0.05, 0) is 19.3 Å². The molecule has 1 saturated carbocycles. The molecule has 0 heterocycles. The van der Waals surface area contributed by atoms with E-state index in [1.165, 1.54) is 19.3 Å². The van der Waals surface area contributed by atoms with Gasteiger partial charge in [-0.3, -0.25) is 5.32 Å². The summed E-state index contributed by atoms with van der Waals surface area (Å²) in [4.78, 5) is 0. The van der Waals surface area contributed by atoms with E-state index in [4.69, 9.17) is 10.4 Å². The first kappa shape index (κ1) is 10.5. The number of nitrogens with zero attached hydrogens (tertiary/aromatic N) is 1. The fourth-order valence-electron chi connectivity index (χ4n) is 1.76. The molecule has 1 aliphatic rings. The number of β-amino-alcohol motifs (C(OH)–C–C–N with tert-alkyl or cyclic N) is 1. The predicted molar refractivity (Wildman–Crippen MR) is 51.1 cm³/mol. The Morgan fingerprint density at radius 2 is 2.31 bits per heavy atom. The van der Waals surface area contributed by atoms with Gasteiger partial charge in [0.25, 0.3) is 0 Å². The average molecular weight is 182 g/mol. The van der Waals surface area contributed by atoms with Crippen LogP contribution in [0.1, 0.15) is 32.6 Å². The molecule has 3 nitrogen and oxygen atoms in total. The number of aliphatic hydroxyl groups excluding tert-OH is 1. The van der Waals surface area contributed by atoms with Crippen molar-refractivity contribution in [1.82, 2.24) is 5.32 Å². The Bertz CT molecular complexity index is 196. The first-order valence-electron chi connectivity index (χ1n) is 4.97. The maximum atomic E-state index is 8.99. The van der Waals surface area contributed by atoms with Crippen LogP contribution >= 0.6 is 0 Å². The quantitative estimate of drug-likeness (QED) is 0.668. The summed E-state index contributed by atoms with van der Waals surface area (Å²) >= 11 is 0. The molecule has 1 unspecified atom stereocenters. The van der Waals surface area contributed by atoms with Gasteiger partial charge in [0.05, 0.1) is 12.7 Å². The molecule has 0 aromatic rings. The molecule has 0 saturated heterocycles. The van der Waals surface area contributed by atoms with Gasteiger partial charge < -0.3 is 5.11 Å². The van der Waals surface area contributed by atoms with Crippen molar-refractivity contribution in [2.45, 2.75) is 38.1 Å². The monoisotopic (exact) mass is 182 g/mol. The van der Waals surface area contributed by atoms with Gasteiger partial charge in [0.1, 0.15) is 5.54 Å². The molecule has 0 aromatic heterocycles. The fraction of sp³-hybridized carbons (Fsp3) is 0.900. The van der Waals surface area contributed by atoms with E-state index >= 15 is 0 Å². The summed E-state index contributed by atoms with van der Waals surface area (Å²) in [7, 11) is 0. The van der Waals surface area contributed by atoms with Crippen LogP contribution in [0, 0.1) is 17.2 Å². The Morgan fingerprint density at radius 3 is 2.69 bits per heavy atom. The van der Waals surface area contributed by atoms with Crippen LogP contribution in [0.5, 0.6) is 0 Å². The third-order valence-corrected chi connectivity index (χ3v) is 2.80. The van der Waals surface area contributed by atoms with Gasteiger partial charge >= 0.3 is 0 Å². The van der Waals surface area contributed by atoms with Gasteiger partial charge in [-0.1, -0.05) is 19.3 Å². The standard InChI is InChI=1S/C10H18N2O/c1-10(8-11,12-5-6-13)7-9-3-2-4-9/h9,12-13H,2-7H2,1H3. The number of hydrogen-bond acceptors (Lipinski definition) is 3. The van der Waals surface area contributed by atoms with Crippen LogP contribution in [0.4, 0.5) is 0 Å². The molecule has 1 fully saturated rings. The lowest BCUT2D eigenvalue weighted by Gasteiger charge is -2.33. The van der Waals surface area contributed by atoms with E-state index in [9.17, 15) is 0 Å². The van der Waals surface area contributed by atoms with E-state index in [-0.39, 0.29) is 6.61 Å². The lowest BCUT2D eigenvalue weighted by atomic mass is 9.77. The van der Waals surface area contributed by atoms with E-state index in [1.54, 1.807) is 0 Å². The van der Waals surface area contributed by atoms with Gasteiger partial charge in [0.2, 0.25) is 0 Å². The van der Waals surface area contributed by atoms with Crippen LogP contribution in [-0.4, -0.2) is 23.8 Å². The lowest BCUT2D eigenvalue weighted by Crippen LogP contribution is -2.44. The topological polar surface area (TPSA) is 56.0 Å². The number of nitrogens with one attached hydrogen (secondary N) is 1. The maximum absolute atomic E-state index is 8.99. The summed E-state index contributed by atoms with van der Waals surface area (Å²) in [5.41, 5.74) is -0.437. The summed E-state index contributed by atoms with van der Waals surface area (Å²) in [6, 6.07) is 2.29. The maximum Gasteiger partial charge on any atom is 0.104 e. The minimum absolute atomic E-state index is 0.0991. The normalized spacial score (nSPS) is 21.6. The molecule has 2 N–H and O–H groups in total. The predicted octanol–water partition coefficient (Wildman–Crippen LogP) is 1.04. The number of rotatable bonds is 5. The number of hydrogen-bond donors (Lipinski definition) is 2. The largest absolute Gasteiger partial charge is 0.395 e. The van der Waals surface area contributed by atoms with Crippen LogP contribution in [0.3, 0.4) is 0 Å². The third-order valence-electron chi connectivity index (χ3n) is 2.80. The van der Waals surface area contributed by atoms with Gasteiger partial charge in [-0.25, -0.2) is 0 Å². The second-order valence-corrected chi connectivity index (χ2v) is 4.10. The first-order chi connectivity index (χ1) is 6.20. The van der Waals surface area contributed by atoms with E-state index in [1.807, 2.05) is 6.92 Å². The molecule has 0 radical (unpaired) electrons. The van der Waals surface area contributed by atoms with Crippen molar-refractivity contribution >= 4 is 0 Å². The highest BCUT2D eigenvalue weighted by molar-refractivity contribution is 5.05. The highest BCUT2D eigenvalue weighted by Crippen LogP contribution is 2.33. The molecule has 1 atom stereocenters. The molecule has 0 aliphatic heterocycles. The van der Waals surface area contributed by atoms with Gasteiger partial charge in [0, 0.05) is 6.54 Å². The van der Waals surface area contributed by atoms with Crippen LogP contribution in [0.15, 0.2) is 0 Å². The minimum Gasteiger partial charge on any atom is -0.395 e. The van der Waals surface area contributed by atoms with Gasteiger partial charge in [-0.2, -0.15) is 5.26 Å². The number of nitriles is 1. The summed E-state index contributed by atoms with van der Waals surface area (Å²) in [6.45, 7) is 2.53. The highest BCUT2D eigenvalue weighted by Gasteiger charge is 2.30. The molecule has 0 amide bonds. The smallest absolute Gasteiger partial charge is 0.104 e. The van der Waals surface area contributed by atoms with Crippen molar-refractivity contribution in [2.75, 3.05) is 13.2 Å². The Balaban J connectivity index is 2.33. The Labute approximate surface area is 79.8 Å². The van der Waals surface area contributed by atoms with Crippen molar-refractivity contribution in [3.63, 3.8) is 0 Å². The van der Waals surface area contributed by atoms with E-state index in [0.29, 0.717) is 6.54 Å². The minimum atomic E-state index is -0.437. The van der Waals surface area contributed by atoms with Crippen molar-refractivity contribution in [3.05, 3.63) is 0 Å². The fourth-order valence-corrected chi connectivity index (χ4v) is 1.76. The van der Waals surface area contributed by atoms with Crippen molar-refractivity contribution in [3.8, 4) is 6.07 Å². The van der Waals surface area contributed by atoms with Crippen LogP contribution < -0.4 is 5.32 Å². The Kier molecular flexibility index (Phi) is 3.71. The Morgan fingerprint density at radius 1 is 1.62 bits per heavy atom. The average Bonchev–Trinajstić information content (AvgIpc) is 2.08. The SMILES string of the molecule is CC(C#N)(CC1CCC1)NCCO. The second kappa shape index (κ2) is 4.59. The lowest BCUT2D eigenvalue weighted by molar-refractivity contribution is 0.220. The summed E-state index contributed by atoms with van der Waals surface area (Å²) in [6.07, 6.45) is 4.76. The second-order valence-electron chi connectivity index (χ2n) is 4.10. The van der Waals surface area contributed by atoms with Crippen molar-refractivity contribution in [2.24, 2.45) is 5.92 Å². The summed E-state index contributed by atoms with van der Waals surface area (Å²) in [5, 5.41) is 20.7. The molecule has 1 rings (SSSR count). The van der Waals surface area contributed by atoms with E-state index < -0.39 is 5.54 Å². The molecule has 13 heavy (non-hydrogen) atoms. The molecule has 0 spiro atoms. The first-order valence-corrected chi connectivity index (χ1v) is 4.97. The molecule has 74 valence electrons. The zero-order valence-electron chi connectivity index (χ0n) is 8.21. The summed E-state index contributed by atoms with van der Waals surface area (Å²) in [5.74, 6) is 0.718. The highest BCUT2D eigenvalue weighted by atomic mass is 16.3. The molecular weight excluding hydrogens is 164 g/mol. The molecule has 3 heteroatoms. The summed E-state index contributed by atoms with van der Waals surface area (Å²) < 4.78 is 0. The number of aliphatic hydroxyl groups is 1. The van der Waals surface area contributed by atoms with Crippen molar-refractivity contribution in [1.29, 1.82) is 5.26 Å². The van der Waals surface area contributed by atoms with Crippen LogP contribution in [0.25, 0.3) is 0 Å². The zero-order valence-corrected chi connectivity index (χ0v) is 8.21. The van der Waals surface area contributed by atoms with Crippen LogP contribution in [0.2, 0.25) is 0 Å². The van der Waals surface area contributed by atoms with Gasteiger partial charge in [0.15, 0.2) is 0 Å². The molecule has 0 aromatic carbocycles. The molecular formula is C10H18N2O. The Hall–Kier alpha value is -0.590. The zero-order chi connectivity index (χ0) is 9.73. The molecule has 1 aliphatic carbocycles. The van der Waals surface area contributed by atoms with Gasteiger partial charge in [-0.15, -0.1) is 0 Å². The van der Waals surface area contributed by atoms with Crippen molar-refractivity contribution < 1.29 is 5.11 Å². The van der Waals surface area contributed by atoms with E-state index in [0.717, 1.165) is 12.3 Å². The third kappa shape index (κ3) is 2.98. The van der Waals surface area contributed by atoms with Crippen LogP contribution in [-0.2, 0) is 0 Å². The molecule has 0 bridgehead atoms. The van der Waals surface area contributed by atoms with E-state index in [2.05, 4.69) is 11.4 Å².